The van der Waals surface area contributed by atoms with Gasteiger partial charge in [-0.25, -0.2) is 13.4 Å². The molecule has 0 amide bonds. The van der Waals surface area contributed by atoms with Crippen molar-refractivity contribution in [2.45, 2.75) is 4.90 Å². The van der Waals surface area contributed by atoms with Gasteiger partial charge in [0.2, 0.25) is 0 Å². The summed E-state index contributed by atoms with van der Waals surface area (Å²) in [4.78, 5) is 4.01. The summed E-state index contributed by atoms with van der Waals surface area (Å²) in [6, 6.07) is 4.55. The van der Waals surface area contributed by atoms with Crippen LogP contribution in [0, 0.1) is 0 Å². The van der Waals surface area contributed by atoms with Crippen molar-refractivity contribution in [2.75, 3.05) is 17.1 Å². The van der Waals surface area contributed by atoms with Gasteiger partial charge in [-0.1, -0.05) is 0 Å². The molecule has 100 valence electrons. The van der Waals surface area contributed by atoms with E-state index in [1.54, 1.807) is 13.1 Å². The molecular formula is C10H10BrN5O2S. The van der Waals surface area contributed by atoms with Crippen molar-refractivity contribution in [3.63, 3.8) is 0 Å². The van der Waals surface area contributed by atoms with E-state index in [1.165, 1.54) is 24.5 Å². The lowest BCUT2D eigenvalue weighted by molar-refractivity contribution is 0.601. The summed E-state index contributed by atoms with van der Waals surface area (Å²) in [5, 5.41) is 10.0. The number of halogens is 1. The number of nitrogens with zero attached hydrogens (tertiary/aromatic N) is 3. The van der Waals surface area contributed by atoms with E-state index < -0.39 is 10.0 Å². The number of hydrogen-bond donors (Lipinski definition) is 2. The normalized spacial score (nSPS) is 11.1. The fourth-order valence-electron chi connectivity index (χ4n) is 1.36. The van der Waals surface area contributed by atoms with Crippen molar-refractivity contribution in [3.8, 4) is 0 Å². The van der Waals surface area contributed by atoms with Crippen LogP contribution < -0.4 is 10.0 Å². The lowest BCUT2D eigenvalue weighted by atomic mass is 10.4. The van der Waals surface area contributed by atoms with Crippen molar-refractivity contribution in [1.82, 2.24) is 15.2 Å². The van der Waals surface area contributed by atoms with Crippen LogP contribution >= 0.6 is 15.9 Å². The Labute approximate surface area is 118 Å². The maximum atomic E-state index is 12.3. The summed E-state index contributed by atoms with van der Waals surface area (Å²) in [5.41, 5.74) is 0. The standard InChI is InChI=1S/C10H10BrN5O2S/c1-12-10-8(5-7(11)6-13-10)19(17,18)16-9-3-2-4-14-15-9/h2-6H,1H3,(H,12,13)(H,15,16). The molecule has 19 heavy (non-hydrogen) atoms. The van der Waals surface area contributed by atoms with Gasteiger partial charge >= 0.3 is 0 Å². The number of aromatic nitrogens is 3. The van der Waals surface area contributed by atoms with Gasteiger partial charge in [0.05, 0.1) is 0 Å². The molecule has 2 heterocycles. The van der Waals surface area contributed by atoms with Crippen LogP contribution in [0.25, 0.3) is 0 Å². The Morgan fingerprint density at radius 1 is 1.37 bits per heavy atom. The van der Waals surface area contributed by atoms with Crippen LogP contribution in [0.4, 0.5) is 11.6 Å². The molecule has 0 atom stereocenters. The van der Waals surface area contributed by atoms with E-state index in [9.17, 15) is 8.42 Å². The molecule has 0 saturated heterocycles. The zero-order valence-electron chi connectivity index (χ0n) is 9.83. The van der Waals surface area contributed by atoms with Crippen molar-refractivity contribution < 1.29 is 8.42 Å². The average molecular weight is 344 g/mol. The monoisotopic (exact) mass is 343 g/mol. The highest BCUT2D eigenvalue weighted by Gasteiger charge is 2.20. The van der Waals surface area contributed by atoms with Crippen LogP contribution in [0.2, 0.25) is 0 Å². The second-order valence-electron chi connectivity index (χ2n) is 3.46. The molecular weight excluding hydrogens is 334 g/mol. The van der Waals surface area contributed by atoms with Gasteiger partial charge in [0.15, 0.2) is 5.82 Å². The molecule has 2 aromatic rings. The smallest absolute Gasteiger partial charge is 0.266 e. The molecule has 7 nitrogen and oxygen atoms in total. The molecule has 0 aliphatic rings. The van der Waals surface area contributed by atoms with Gasteiger partial charge in [-0.3, -0.25) is 4.72 Å². The number of hydrogen-bond acceptors (Lipinski definition) is 6. The predicted molar refractivity (Wildman–Crippen MR) is 74.3 cm³/mol. The molecule has 9 heteroatoms. The van der Waals surface area contributed by atoms with E-state index in [-0.39, 0.29) is 16.5 Å². The summed E-state index contributed by atoms with van der Waals surface area (Å²) in [5.74, 6) is 0.393. The number of rotatable bonds is 4. The molecule has 2 rings (SSSR count). The van der Waals surface area contributed by atoms with Gasteiger partial charge in [0, 0.05) is 23.9 Å². The first-order valence-corrected chi connectivity index (χ1v) is 7.44. The first kappa shape index (κ1) is 13.7. The minimum atomic E-state index is -3.79. The third kappa shape index (κ3) is 3.18. The molecule has 0 radical (unpaired) electrons. The summed E-state index contributed by atoms with van der Waals surface area (Å²) in [7, 11) is -2.19. The van der Waals surface area contributed by atoms with Gasteiger partial charge in [-0.15, -0.1) is 5.10 Å². The maximum absolute atomic E-state index is 12.3. The van der Waals surface area contributed by atoms with E-state index in [0.29, 0.717) is 4.47 Å². The van der Waals surface area contributed by atoms with E-state index in [2.05, 4.69) is 41.2 Å². The van der Waals surface area contributed by atoms with E-state index in [1.807, 2.05) is 0 Å². The van der Waals surface area contributed by atoms with Gasteiger partial charge in [-0.05, 0) is 34.1 Å². The Bertz CT molecular complexity index is 678. The minimum absolute atomic E-state index is 0.0232. The topological polar surface area (TPSA) is 96.9 Å². The summed E-state index contributed by atoms with van der Waals surface area (Å²) < 4.78 is 27.4. The van der Waals surface area contributed by atoms with E-state index >= 15 is 0 Å². The fourth-order valence-corrected chi connectivity index (χ4v) is 3.03. The summed E-state index contributed by atoms with van der Waals surface area (Å²) in [6.07, 6.45) is 2.96. The third-order valence-electron chi connectivity index (χ3n) is 2.16. The first-order valence-electron chi connectivity index (χ1n) is 5.17. The first-order chi connectivity index (χ1) is 9.03. The number of pyridine rings is 1. The Hall–Kier alpha value is -1.74. The zero-order valence-corrected chi connectivity index (χ0v) is 12.2. The Morgan fingerprint density at radius 2 is 2.16 bits per heavy atom. The van der Waals surface area contributed by atoms with Crippen molar-refractivity contribution in [2.24, 2.45) is 0 Å². The van der Waals surface area contributed by atoms with Crippen LogP contribution in [-0.4, -0.2) is 30.6 Å². The zero-order chi connectivity index (χ0) is 13.9. The molecule has 0 unspecified atom stereocenters. The molecule has 0 fully saturated rings. The van der Waals surface area contributed by atoms with Crippen LogP contribution in [-0.2, 0) is 10.0 Å². The van der Waals surface area contributed by atoms with Crippen molar-refractivity contribution in [3.05, 3.63) is 35.1 Å². The molecule has 0 aliphatic heterocycles. The third-order valence-corrected chi connectivity index (χ3v) is 3.96. The molecule has 0 aliphatic carbocycles. The number of sulfonamides is 1. The number of nitrogens with one attached hydrogen (secondary N) is 2. The average Bonchev–Trinajstić information content (AvgIpc) is 2.39. The van der Waals surface area contributed by atoms with Crippen LogP contribution in [0.3, 0.4) is 0 Å². The SMILES string of the molecule is CNc1ncc(Br)cc1S(=O)(=O)Nc1cccnn1. The highest BCUT2D eigenvalue weighted by molar-refractivity contribution is 9.10. The van der Waals surface area contributed by atoms with Crippen LogP contribution in [0.1, 0.15) is 0 Å². The van der Waals surface area contributed by atoms with E-state index in [0.717, 1.165) is 0 Å². The second kappa shape index (κ2) is 5.49. The van der Waals surface area contributed by atoms with Gasteiger partial charge < -0.3 is 5.32 Å². The highest BCUT2D eigenvalue weighted by atomic mass is 79.9. The minimum Gasteiger partial charge on any atom is -0.372 e. The summed E-state index contributed by atoms with van der Waals surface area (Å²) in [6.45, 7) is 0. The van der Waals surface area contributed by atoms with Crippen LogP contribution in [0.5, 0.6) is 0 Å². The van der Waals surface area contributed by atoms with Crippen molar-refractivity contribution >= 4 is 37.6 Å². The highest BCUT2D eigenvalue weighted by Crippen LogP contribution is 2.24. The molecule has 0 aromatic carbocycles. The van der Waals surface area contributed by atoms with Crippen molar-refractivity contribution in [1.29, 1.82) is 0 Å². The van der Waals surface area contributed by atoms with Crippen LogP contribution in [0.15, 0.2) is 40.0 Å². The maximum Gasteiger partial charge on any atom is 0.266 e. The van der Waals surface area contributed by atoms with Gasteiger partial charge in [0.25, 0.3) is 10.0 Å². The van der Waals surface area contributed by atoms with Gasteiger partial charge in [-0.2, -0.15) is 5.10 Å². The predicted octanol–water partition coefficient (Wildman–Crippen LogP) is 1.48. The fraction of sp³-hybridized carbons (Fsp3) is 0.100. The Kier molecular flexibility index (Phi) is 3.96. The largest absolute Gasteiger partial charge is 0.372 e. The lowest BCUT2D eigenvalue weighted by Crippen LogP contribution is -2.16. The molecule has 0 bridgehead atoms. The second-order valence-corrected chi connectivity index (χ2v) is 6.03. The van der Waals surface area contributed by atoms with Gasteiger partial charge in [0.1, 0.15) is 10.7 Å². The molecule has 0 saturated carbocycles. The Morgan fingerprint density at radius 3 is 2.79 bits per heavy atom. The lowest BCUT2D eigenvalue weighted by Gasteiger charge is -2.10. The quantitative estimate of drug-likeness (QED) is 0.872. The molecule has 2 aromatic heterocycles. The molecule has 2 N–H and O–H groups in total. The number of anilines is 2. The van der Waals surface area contributed by atoms with E-state index in [4.69, 9.17) is 0 Å². The molecule has 0 spiro atoms. The summed E-state index contributed by atoms with van der Waals surface area (Å²) >= 11 is 3.19. The Balaban J connectivity index is 2.42.